The maximum atomic E-state index is 7.57. The van der Waals surface area contributed by atoms with E-state index in [1.165, 1.54) is 16.9 Å². The van der Waals surface area contributed by atoms with Gasteiger partial charge in [-0.1, -0.05) is 23.8 Å². The standard InChI is InChI=1S/C13H15N3OS/c1-8-4-3-5-9(6-8)13-16-10(7-17-2)11(18-13)12(14)15/h3-6H,7H2,1-2H3,(H3,14,15). The summed E-state index contributed by atoms with van der Waals surface area (Å²) in [5, 5.41) is 8.44. The molecule has 0 aliphatic carbocycles. The van der Waals surface area contributed by atoms with Crippen LogP contribution in [0.5, 0.6) is 0 Å². The van der Waals surface area contributed by atoms with Crippen molar-refractivity contribution in [1.82, 2.24) is 4.98 Å². The summed E-state index contributed by atoms with van der Waals surface area (Å²) in [4.78, 5) is 5.19. The van der Waals surface area contributed by atoms with Crippen LogP contribution in [0.25, 0.3) is 10.6 Å². The molecule has 0 radical (unpaired) electrons. The minimum Gasteiger partial charge on any atom is -0.383 e. The molecular weight excluding hydrogens is 246 g/mol. The average Bonchev–Trinajstić information content (AvgIpc) is 2.74. The molecule has 0 saturated heterocycles. The van der Waals surface area contributed by atoms with E-state index in [1.807, 2.05) is 25.1 Å². The second kappa shape index (κ2) is 5.29. The number of ether oxygens (including phenoxy) is 1. The van der Waals surface area contributed by atoms with Crippen LogP contribution in [-0.2, 0) is 11.3 Å². The molecule has 0 atom stereocenters. The highest BCUT2D eigenvalue weighted by Gasteiger charge is 2.14. The number of methoxy groups -OCH3 is 1. The zero-order valence-corrected chi connectivity index (χ0v) is 11.2. The quantitative estimate of drug-likeness (QED) is 0.656. The third kappa shape index (κ3) is 2.57. The molecule has 0 spiro atoms. The molecule has 0 amide bonds. The summed E-state index contributed by atoms with van der Waals surface area (Å²) in [6.45, 7) is 2.41. The Hall–Kier alpha value is -1.72. The number of nitrogens with one attached hydrogen (secondary N) is 1. The summed E-state index contributed by atoms with van der Waals surface area (Å²) >= 11 is 1.43. The SMILES string of the molecule is COCc1nc(-c2cccc(C)c2)sc1C(=N)N. The first kappa shape index (κ1) is 12.7. The maximum absolute atomic E-state index is 7.57. The van der Waals surface area contributed by atoms with Crippen LogP contribution in [0.15, 0.2) is 24.3 Å². The summed E-state index contributed by atoms with van der Waals surface area (Å²) in [6, 6.07) is 8.11. The van der Waals surface area contributed by atoms with Crippen LogP contribution in [-0.4, -0.2) is 17.9 Å². The van der Waals surface area contributed by atoms with E-state index in [0.29, 0.717) is 11.5 Å². The Balaban J connectivity index is 2.46. The number of hydrogen-bond acceptors (Lipinski definition) is 4. The van der Waals surface area contributed by atoms with Crippen LogP contribution in [0.2, 0.25) is 0 Å². The normalized spacial score (nSPS) is 10.6. The van der Waals surface area contributed by atoms with E-state index in [1.54, 1.807) is 7.11 Å². The molecular formula is C13H15N3OS. The molecule has 2 aromatic rings. The van der Waals surface area contributed by atoms with Crippen molar-refractivity contribution in [3.8, 4) is 10.6 Å². The van der Waals surface area contributed by atoms with Crippen molar-refractivity contribution >= 4 is 17.2 Å². The number of nitrogens with zero attached hydrogens (tertiary/aromatic N) is 1. The summed E-state index contributed by atoms with van der Waals surface area (Å²) in [5.74, 6) is 0.0402. The molecule has 0 saturated carbocycles. The Morgan fingerprint density at radius 3 is 2.89 bits per heavy atom. The van der Waals surface area contributed by atoms with E-state index in [2.05, 4.69) is 11.1 Å². The van der Waals surface area contributed by atoms with Crippen molar-refractivity contribution in [2.24, 2.45) is 5.73 Å². The molecule has 0 aliphatic heterocycles. The summed E-state index contributed by atoms with van der Waals surface area (Å²) in [7, 11) is 1.61. The fourth-order valence-corrected chi connectivity index (χ4v) is 2.62. The molecule has 4 nitrogen and oxygen atoms in total. The Morgan fingerprint density at radius 2 is 2.28 bits per heavy atom. The van der Waals surface area contributed by atoms with E-state index < -0.39 is 0 Å². The van der Waals surface area contributed by atoms with Gasteiger partial charge in [-0.2, -0.15) is 0 Å². The van der Waals surface area contributed by atoms with E-state index in [-0.39, 0.29) is 5.84 Å². The first-order valence-corrected chi connectivity index (χ1v) is 6.33. The van der Waals surface area contributed by atoms with Gasteiger partial charge in [-0.15, -0.1) is 11.3 Å². The molecule has 3 N–H and O–H groups in total. The predicted molar refractivity (Wildman–Crippen MR) is 74.0 cm³/mol. The number of thiazole rings is 1. The van der Waals surface area contributed by atoms with Crippen molar-refractivity contribution in [3.63, 3.8) is 0 Å². The number of nitrogens with two attached hydrogens (primary N) is 1. The lowest BCUT2D eigenvalue weighted by atomic mass is 10.1. The minimum absolute atomic E-state index is 0.0402. The number of aromatic nitrogens is 1. The van der Waals surface area contributed by atoms with Gasteiger partial charge in [0.2, 0.25) is 0 Å². The number of hydrogen-bond donors (Lipinski definition) is 2. The van der Waals surface area contributed by atoms with Gasteiger partial charge in [0.15, 0.2) is 0 Å². The summed E-state index contributed by atoms with van der Waals surface area (Å²) < 4.78 is 5.08. The first-order chi connectivity index (χ1) is 8.61. The predicted octanol–water partition coefficient (Wildman–Crippen LogP) is 2.55. The number of nitrogen functional groups attached to an aromatic ring is 1. The van der Waals surface area contributed by atoms with Gasteiger partial charge in [-0.25, -0.2) is 4.98 Å². The number of aryl methyl sites for hydroxylation is 1. The molecule has 0 fully saturated rings. The number of rotatable bonds is 4. The topological polar surface area (TPSA) is 72.0 Å². The van der Waals surface area contributed by atoms with Crippen LogP contribution in [0.1, 0.15) is 16.1 Å². The van der Waals surface area contributed by atoms with Crippen LogP contribution >= 0.6 is 11.3 Å². The second-order valence-corrected chi connectivity index (χ2v) is 5.01. The summed E-state index contributed by atoms with van der Waals surface area (Å²) in [6.07, 6.45) is 0. The van der Waals surface area contributed by atoms with E-state index in [4.69, 9.17) is 15.9 Å². The van der Waals surface area contributed by atoms with Gasteiger partial charge in [0, 0.05) is 12.7 Å². The largest absolute Gasteiger partial charge is 0.383 e. The van der Waals surface area contributed by atoms with Crippen LogP contribution < -0.4 is 5.73 Å². The monoisotopic (exact) mass is 261 g/mol. The Bertz CT molecular complexity index is 577. The van der Waals surface area contributed by atoms with E-state index >= 15 is 0 Å². The second-order valence-electron chi connectivity index (χ2n) is 4.01. The first-order valence-electron chi connectivity index (χ1n) is 5.52. The van der Waals surface area contributed by atoms with Crippen LogP contribution in [0.3, 0.4) is 0 Å². The van der Waals surface area contributed by atoms with Crippen molar-refractivity contribution in [1.29, 1.82) is 5.41 Å². The minimum atomic E-state index is 0.0402. The molecule has 0 bridgehead atoms. The molecule has 1 aromatic carbocycles. The van der Waals surface area contributed by atoms with Crippen molar-refractivity contribution in [2.75, 3.05) is 7.11 Å². The molecule has 2 rings (SSSR count). The van der Waals surface area contributed by atoms with Gasteiger partial charge in [0.1, 0.15) is 10.8 Å². The molecule has 94 valence electrons. The highest BCUT2D eigenvalue weighted by atomic mass is 32.1. The molecule has 5 heteroatoms. The zero-order chi connectivity index (χ0) is 13.1. The van der Waals surface area contributed by atoms with Gasteiger partial charge in [-0.3, -0.25) is 5.41 Å². The van der Waals surface area contributed by atoms with Gasteiger partial charge >= 0.3 is 0 Å². The van der Waals surface area contributed by atoms with Gasteiger partial charge in [-0.05, 0) is 13.0 Å². The van der Waals surface area contributed by atoms with Gasteiger partial charge in [0.25, 0.3) is 0 Å². The third-order valence-corrected chi connectivity index (χ3v) is 3.67. The fourth-order valence-electron chi connectivity index (χ4n) is 1.70. The molecule has 1 aromatic heterocycles. The maximum Gasteiger partial charge on any atom is 0.135 e. The van der Waals surface area contributed by atoms with Crippen molar-refractivity contribution in [3.05, 3.63) is 40.4 Å². The number of amidine groups is 1. The fraction of sp³-hybridized carbons (Fsp3) is 0.231. The third-order valence-electron chi connectivity index (χ3n) is 2.49. The van der Waals surface area contributed by atoms with Crippen LogP contribution in [0.4, 0.5) is 0 Å². The van der Waals surface area contributed by atoms with Crippen LogP contribution in [0, 0.1) is 12.3 Å². The van der Waals surface area contributed by atoms with Gasteiger partial charge < -0.3 is 10.5 Å². The van der Waals surface area contributed by atoms with Gasteiger partial charge in [0.05, 0.1) is 17.2 Å². The lowest BCUT2D eigenvalue weighted by Crippen LogP contribution is -2.11. The lowest BCUT2D eigenvalue weighted by molar-refractivity contribution is 0.182. The Morgan fingerprint density at radius 1 is 1.50 bits per heavy atom. The average molecular weight is 261 g/mol. The Kier molecular flexibility index (Phi) is 3.74. The lowest BCUT2D eigenvalue weighted by Gasteiger charge is -1.97. The zero-order valence-electron chi connectivity index (χ0n) is 10.4. The molecule has 18 heavy (non-hydrogen) atoms. The Labute approximate surface area is 110 Å². The van der Waals surface area contributed by atoms with Crippen molar-refractivity contribution in [2.45, 2.75) is 13.5 Å². The highest BCUT2D eigenvalue weighted by molar-refractivity contribution is 7.17. The molecule has 1 heterocycles. The summed E-state index contributed by atoms with van der Waals surface area (Å²) in [5.41, 5.74) is 8.52. The van der Waals surface area contributed by atoms with E-state index in [0.717, 1.165) is 16.3 Å². The smallest absolute Gasteiger partial charge is 0.135 e. The van der Waals surface area contributed by atoms with E-state index in [9.17, 15) is 0 Å². The molecule has 0 aliphatic rings. The van der Waals surface area contributed by atoms with Crippen molar-refractivity contribution < 1.29 is 4.74 Å². The molecule has 0 unspecified atom stereocenters. The highest BCUT2D eigenvalue weighted by Crippen LogP contribution is 2.28. The number of benzene rings is 1.